The monoisotopic (exact) mass is 225 g/mol. The van der Waals surface area contributed by atoms with Crippen molar-refractivity contribution in [2.24, 2.45) is 11.7 Å². The van der Waals surface area contributed by atoms with E-state index in [4.69, 9.17) is 22.1 Å². The van der Waals surface area contributed by atoms with Gasteiger partial charge in [-0.3, -0.25) is 0 Å². The van der Waals surface area contributed by atoms with Crippen molar-refractivity contribution in [2.75, 3.05) is 7.11 Å². The lowest BCUT2D eigenvalue weighted by molar-refractivity contribution is 0.414. The maximum absolute atomic E-state index is 6.16. The van der Waals surface area contributed by atoms with Crippen LogP contribution < -0.4 is 10.5 Å². The summed E-state index contributed by atoms with van der Waals surface area (Å²) in [5.74, 6) is 1.37. The molecular weight excluding hydrogens is 210 g/mol. The van der Waals surface area contributed by atoms with Crippen molar-refractivity contribution in [3.8, 4) is 5.75 Å². The van der Waals surface area contributed by atoms with Crippen LogP contribution in [-0.2, 0) is 0 Å². The van der Waals surface area contributed by atoms with Crippen molar-refractivity contribution >= 4 is 11.6 Å². The molecule has 3 heteroatoms. The van der Waals surface area contributed by atoms with E-state index in [9.17, 15) is 0 Å². The highest BCUT2D eigenvalue weighted by atomic mass is 35.5. The van der Waals surface area contributed by atoms with Gasteiger partial charge in [-0.2, -0.15) is 0 Å². The average molecular weight is 226 g/mol. The number of methoxy groups -OCH3 is 1. The lowest BCUT2D eigenvalue weighted by Crippen LogP contribution is -2.13. The summed E-state index contributed by atoms with van der Waals surface area (Å²) in [4.78, 5) is 0. The summed E-state index contributed by atoms with van der Waals surface area (Å²) >= 11 is 6.09. The molecule has 0 aliphatic heterocycles. The normalized spacial score (nSPS) is 17.6. The van der Waals surface area contributed by atoms with Crippen LogP contribution in [0.5, 0.6) is 5.75 Å². The smallest absolute Gasteiger partial charge is 0.137 e. The molecule has 1 unspecified atom stereocenters. The summed E-state index contributed by atoms with van der Waals surface area (Å²) in [6.45, 7) is 2.05. The van der Waals surface area contributed by atoms with Gasteiger partial charge in [0.1, 0.15) is 5.75 Å². The predicted molar refractivity (Wildman–Crippen MR) is 62.4 cm³/mol. The van der Waals surface area contributed by atoms with E-state index in [0.717, 1.165) is 16.9 Å². The van der Waals surface area contributed by atoms with Gasteiger partial charge in [0.05, 0.1) is 12.1 Å². The number of hydrogen-bond donors (Lipinski definition) is 1. The molecule has 2 N–H and O–H groups in total. The predicted octanol–water partition coefficient (Wildman–Crippen LogP) is 3.07. The molecule has 1 saturated carbocycles. The van der Waals surface area contributed by atoms with Crippen LogP contribution in [0.1, 0.15) is 30.0 Å². The third-order valence-corrected chi connectivity index (χ3v) is 3.32. The Morgan fingerprint density at radius 2 is 2.13 bits per heavy atom. The van der Waals surface area contributed by atoms with Crippen LogP contribution in [0.25, 0.3) is 0 Å². The highest BCUT2D eigenvalue weighted by Crippen LogP contribution is 2.42. The first-order valence-electron chi connectivity index (χ1n) is 5.23. The maximum atomic E-state index is 6.16. The Morgan fingerprint density at radius 3 is 2.67 bits per heavy atom. The van der Waals surface area contributed by atoms with Crippen LogP contribution in [0.15, 0.2) is 12.1 Å². The highest BCUT2D eigenvalue weighted by molar-refractivity contribution is 6.32. The Labute approximate surface area is 95.4 Å². The Balaban J connectivity index is 2.34. The number of nitrogens with two attached hydrogens (primary N) is 1. The maximum Gasteiger partial charge on any atom is 0.137 e. The third kappa shape index (κ3) is 2.11. The van der Waals surface area contributed by atoms with Crippen molar-refractivity contribution in [1.29, 1.82) is 0 Å². The second-order valence-corrected chi connectivity index (χ2v) is 4.61. The van der Waals surface area contributed by atoms with Gasteiger partial charge in [-0.25, -0.2) is 0 Å². The second-order valence-electron chi connectivity index (χ2n) is 4.21. The fourth-order valence-electron chi connectivity index (χ4n) is 1.90. The van der Waals surface area contributed by atoms with Gasteiger partial charge in [-0.15, -0.1) is 0 Å². The molecule has 0 amide bonds. The summed E-state index contributed by atoms with van der Waals surface area (Å²) < 4.78 is 5.16. The summed E-state index contributed by atoms with van der Waals surface area (Å²) in [5, 5.41) is 0.647. The van der Waals surface area contributed by atoms with Crippen molar-refractivity contribution in [2.45, 2.75) is 25.8 Å². The highest BCUT2D eigenvalue weighted by Gasteiger charge is 2.30. The van der Waals surface area contributed by atoms with E-state index in [1.807, 2.05) is 12.1 Å². The Morgan fingerprint density at radius 1 is 1.47 bits per heavy atom. The van der Waals surface area contributed by atoms with Gasteiger partial charge in [0.2, 0.25) is 0 Å². The molecule has 15 heavy (non-hydrogen) atoms. The van der Waals surface area contributed by atoms with Gasteiger partial charge in [0.15, 0.2) is 0 Å². The molecule has 1 aromatic carbocycles. The molecule has 1 aliphatic rings. The zero-order valence-electron chi connectivity index (χ0n) is 9.09. The largest absolute Gasteiger partial charge is 0.495 e. The Hall–Kier alpha value is -0.730. The number of ether oxygens (including phenoxy) is 1. The third-order valence-electron chi connectivity index (χ3n) is 3.03. The minimum Gasteiger partial charge on any atom is -0.495 e. The molecule has 1 aromatic rings. The van der Waals surface area contributed by atoms with E-state index in [1.165, 1.54) is 12.8 Å². The molecule has 1 fully saturated rings. The summed E-state index contributed by atoms with van der Waals surface area (Å²) in [6, 6.07) is 4.03. The molecule has 0 spiro atoms. The van der Waals surface area contributed by atoms with Gasteiger partial charge >= 0.3 is 0 Å². The van der Waals surface area contributed by atoms with E-state index < -0.39 is 0 Å². The van der Waals surface area contributed by atoms with Crippen molar-refractivity contribution in [3.63, 3.8) is 0 Å². The SMILES string of the molecule is COc1cc(C)c(C(N)C2CC2)cc1Cl. The van der Waals surface area contributed by atoms with Crippen LogP contribution in [0.3, 0.4) is 0 Å². The minimum atomic E-state index is 0.133. The summed E-state index contributed by atoms with van der Waals surface area (Å²) in [6.07, 6.45) is 2.48. The van der Waals surface area contributed by atoms with Crippen LogP contribution in [0, 0.1) is 12.8 Å². The standard InChI is InChI=1S/C12H16ClNO/c1-7-5-11(15-2)10(13)6-9(7)12(14)8-3-4-8/h5-6,8,12H,3-4,14H2,1-2H3. The molecule has 0 heterocycles. The summed E-state index contributed by atoms with van der Waals surface area (Å²) in [7, 11) is 1.63. The lowest BCUT2D eigenvalue weighted by atomic mass is 9.98. The van der Waals surface area contributed by atoms with E-state index in [1.54, 1.807) is 7.11 Å². The fourth-order valence-corrected chi connectivity index (χ4v) is 2.14. The second kappa shape index (κ2) is 4.03. The van der Waals surface area contributed by atoms with E-state index in [-0.39, 0.29) is 6.04 Å². The van der Waals surface area contributed by atoms with Crippen LogP contribution in [0.2, 0.25) is 5.02 Å². The molecule has 0 saturated heterocycles. The topological polar surface area (TPSA) is 35.2 Å². The minimum absolute atomic E-state index is 0.133. The van der Waals surface area contributed by atoms with Crippen molar-refractivity contribution in [1.82, 2.24) is 0 Å². The Bertz CT molecular complexity index is 374. The zero-order chi connectivity index (χ0) is 11.0. The molecule has 2 rings (SSSR count). The van der Waals surface area contributed by atoms with Gasteiger partial charge in [0, 0.05) is 6.04 Å². The molecule has 0 bridgehead atoms. The number of halogens is 1. The molecule has 0 radical (unpaired) electrons. The van der Waals surface area contributed by atoms with Crippen molar-refractivity contribution < 1.29 is 4.74 Å². The van der Waals surface area contributed by atoms with Crippen LogP contribution in [-0.4, -0.2) is 7.11 Å². The van der Waals surface area contributed by atoms with Gasteiger partial charge in [-0.1, -0.05) is 11.6 Å². The van der Waals surface area contributed by atoms with E-state index >= 15 is 0 Å². The fraction of sp³-hybridized carbons (Fsp3) is 0.500. The first kappa shape index (κ1) is 10.8. The molecule has 1 atom stereocenters. The molecule has 82 valence electrons. The van der Waals surface area contributed by atoms with Crippen LogP contribution in [0.4, 0.5) is 0 Å². The number of benzene rings is 1. The van der Waals surface area contributed by atoms with E-state index in [2.05, 4.69) is 6.92 Å². The zero-order valence-corrected chi connectivity index (χ0v) is 9.84. The molecular formula is C12H16ClNO. The quantitative estimate of drug-likeness (QED) is 0.858. The average Bonchev–Trinajstić information content (AvgIpc) is 3.03. The molecule has 1 aliphatic carbocycles. The van der Waals surface area contributed by atoms with Gasteiger partial charge in [-0.05, 0) is 48.9 Å². The van der Waals surface area contributed by atoms with E-state index in [0.29, 0.717) is 10.9 Å². The first-order chi connectivity index (χ1) is 7.13. The van der Waals surface area contributed by atoms with Crippen molar-refractivity contribution in [3.05, 3.63) is 28.3 Å². The molecule has 0 aromatic heterocycles. The Kier molecular flexibility index (Phi) is 2.89. The van der Waals surface area contributed by atoms with Crippen LogP contribution >= 0.6 is 11.6 Å². The number of rotatable bonds is 3. The van der Waals surface area contributed by atoms with Gasteiger partial charge < -0.3 is 10.5 Å². The number of aryl methyl sites for hydroxylation is 1. The molecule has 2 nitrogen and oxygen atoms in total. The first-order valence-corrected chi connectivity index (χ1v) is 5.61. The lowest BCUT2D eigenvalue weighted by Gasteiger charge is -2.16. The van der Waals surface area contributed by atoms with Gasteiger partial charge in [0.25, 0.3) is 0 Å². The number of hydrogen-bond acceptors (Lipinski definition) is 2. The summed E-state index contributed by atoms with van der Waals surface area (Å²) in [5.41, 5.74) is 8.48.